The lowest BCUT2D eigenvalue weighted by Gasteiger charge is -2.25. The summed E-state index contributed by atoms with van der Waals surface area (Å²) in [6.45, 7) is 4.90. The van der Waals surface area contributed by atoms with Gasteiger partial charge in [-0.1, -0.05) is 31.5 Å². The van der Waals surface area contributed by atoms with Gasteiger partial charge < -0.3 is 10.6 Å². The van der Waals surface area contributed by atoms with Crippen molar-refractivity contribution < 1.29 is 8.42 Å². The quantitative estimate of drug-likeness (QED) is 0.282. The third kappa shape index (κ3) is 7.73. The lowest BCUT2D eigenvalue weighted by molar-refractivity contribution is 0.346. The van der Waals surface area contributed by atoms with Crippen molar-refractivity contribution in [2.75, 3.05) is 26.7 Å². The molecule has 1 fully saturated rings. The maximum absolute atomic E-state index is 12.8. The Morgan fingerprint density at radius 1 is 1.13 bits per heavy atom. The van der Waals surface area contributed by atoms with Crippen LogP contribution in [0.2, 0.25) is 0 Å². The van der Waals surface area contributed by atoms with Gasteiger partial charge in [-0.25, -0.2) is 8.42 Å². The van der Waals surface area contributed by atoms with E-state index in [4.69, 9.17) is 0 Å². The van der Waals surface area contributed by atoms with E-state index in [9.17, 15) is 8.42 Å². The second kappa shape index (κ2) is 12.8. The van der Waals surface area contributed by atoms with E-state index in [1.165, 1.54) is 4.88 Å². The van der Waals surface area contributed by atoms with Crippen LogP contribution in [0.4, 0.5) is 0 Å². The first-order valence-electron chi connectivity index (χ1n) is 10.5. The highest BCUT2D eigenvalue weighted by Gasteiger charge is 2.25. The molecule has 1 saturated heterocycles. The number of guanidine groups is 1. The van der Waals surface area contributed by atoms with Gasteiger partial charge in [0.05, 0.1) is 4.90 Å². The number of hydrogen-bond acceptors (Lipinski definition) is 4. The fourth-order valence-electron chi connectivity index (χ4n) is 3.56. The molecule has 0 bridgehead atoms. The molecule has 0 radical (unpaired) electrons. The van der Waals surface area contributed by atoms with Crippen LogP contribution in [-0.2, 0) is 23.0 Å². The van der Waals surface area contributed by atoms with Crippen molar-refractivity contribution in [2.24, 2.45) is 10.9 Å². The summed E-state index contributed by atoms with van der Waals surface area (Å²) in [5.41, 5.74) is 1.02. The Kier molecular flexibility index (Phi) is 10.7. The molecule has 1 atom stereocenters. The Labute approximate surface area is 207 Å². The number of sulfonamides is 1. The van der Waals surface area contributed by atoms with Gasteiger partial charge in [0.15, 0.2) is 5.96 Å². The summed E-state index contributed by atoms with van der Waals surface area (Å²) in [6.07, 6.45) is 4.05. The van der Waals surface area contributed by atoms with Gasteiger partial charge in [0.2, 0.25) is 10.0 Å². The van der Waals surface area contributed by atoms with Gasteiger partial charge >= 0.3 is 0 Å². The fraction of sp³-hybridized carbons (Fsp3) is 0.500. The summed E-state index contributed by atoms with van der Waals surface area (Å²) in [7, 11) is -1.62. The standard InChI is InChI=1S/C22H32N4O2S2.HI/c1-18(15-20-7-6-14-29-20)16-24-22(23-2)25-17-19-8-10-21(11-9-19)30(27,28)26-12-4-3-5-13-26;/h6-11,14,18H,3-5,12-13,15-17H2,1-2H3,(H2,23,24,25);1H. The lowest BCUT2D eigenvalue weighted by atomic mass is 10.1. The molecule has 0 amide bonds. The first-order chi connectivity index (χ1) is 14.5. The SMILES string of the molecule is CN=C(NCc1ccc(S(=O)(=O)N2CCCCC2)cc1)NCC(C)Cc1cccs1.I. The Hall–Kier alpha value is -1.17. The van der Waals surface area contributed by atoms with Crippen LogP contribution in [0.25, 0.3) is 0 Å². The number of halogens is 1. The molecule has 2 heterocycles. The molecule has 1 aliphatic rings. The number of nitrogens with zero attached hydrogens (tertiary/aromatic N) is 2. The molecule has 0 spiro atoms. The zero-order chi connectivity index (χ0) is 21.4. The number of thiophene rings is 1. The van der Waals surface area contributed by atoms with Crippen molar-refractivity contribution in [3.63, 3.8) is 0 Å². The molecule has 0 saturated carbocycles. The van der Waals surface area contributed by atoms with Gasteiger partial charge in [-0.3, -0.25) is 4.99 Å². The van der Waals surface area contributed by atoms with Gasteiger partial charge in [0.25, 0.3) is 0 Å². The first kappa shape index (κ1) is 26.1. The van der Waals surface area contributed by atoms with Gasteiger partial charge in [-0.2, -0.15) is 4.31 Å². The van der Waals surface area contributed by atoms with Crippen molar-refractivity contribution in [3.05, 3.63) is 52.2 Å². The number of nitrogens with one attached hydrogen (secondary N) is 2. The molecule has 2 N–H and O–H groups in total. The van der Waals surface area contributed by atoms with E-state index in [0.29, 0.717) is 30.4 Å². The van der Waals surface area contributed by atoms with Crippen LogP contribution in [0.3, 0.4) is 0 Å². The van der Waals surface area contributed by atoms with Crippen LogP contribution in [0.5, 0.6) is 0 Å². The highest BCUT2D eigenvalue weighted by Crippen LogP contribution is 2.21. The molecule has 9 heteroatoms. The lowest BCUT2D eigenvalue weighted by Crippen LogP contribution is -2.39. The zero-order valence-corrected chi connectivity index (χ0v) is 22.2. The molecule has 1 aliphatic heterocycles. The fourth-order valence-corrected chi connectivity index (χ4v) is 5.94. The third-order valence-corrected chi connectivity index (χ3v) is 8.12. The zero-order valence-electron chi connectivity index (χ0n) is 18.2. The van der Waals surface area contributed by atoms with E-state index in [1.807, 2.05) is 12.1 Å². The van der Waals surface area contributed by atoms with Crippen molar-refractivity contribution in [1.82, 2.24) is 14.9 Å². The molecular weight excluding hydrogens is 543 g/mol. The predicted molar refractivity (Wildman–Crippen MR) is 140 cm³/mol. The van der Waals surface area contributed by atoms with E-state index >= 15 is 0 Å². The normalized spacial score (nSPS) is 16.4. The Morgan fingerprint density at radius 3 is 2.45 bits per heavy atom. The van der Waals surface area contributed by atoms with Gasteiger partial charge in [0.1, 0.15) is 0 Å². The number of piperidine rings is 1. The minimum atomic E-state index is -3.38. The minimum Gasteiger partial charge on any atom is -0.356 e. The average molecular weight is 577 g/mol. The molecule has 172 valence electrons. The van der Waals surface area contributed by atoms with Gasteiger partial charge in [0, 0.05) is 38.1 Å². The van der Waals surface area contributed by atoms with E-state index in [0.717, 1.165) is 43.8 Å². The van der Waals surface area contributed by atoms with Gasteiger partial charge in [-0.05, 0) is 54.3 Å². The van der Waals surface area contributed by atoms with Crippen molar-refractivity contribution in [1.29, 1.82) is 0 Å². The summed E-state index contributed by atoms with van der Waals surface area (Å²) in [5, 5.41) is 8.78. The van der Waals surface area contributed by atoms with Crippen LogP contribution in [0.15, 0.2) is 51.7 Å². The summed E-state index contributed by atoms with van der Waals surface area (Å²) in [6, 6.07) is 11.4. The Balaban J connectivity index is 0.00000341. The summed E-state index contributed by atoms with van der Waals surface area (Å²) < 4.78 is 27.1. The number of aliphatic imine (C=N–C) groups is 1. The van der Waals surface area contributed by atoms with Crippen LogP contribution in [0, 0.1) is 5.92 Å². The van der Waals surface area contributed by atoms with E-state index < -0.39 is 10.0 Å². The number of rotatable bonds is 8. The molecule has 1 aromatic heterocycles. The maximum Gasteiger partial charge on any atom is 0.243 e. The van der Waals surface area contributed by atoms with Crippen molar-refractivity contribution in [3.8, 4) is 0 Å². The highest BCUT2D eigenvalue weighted by atomic mass is 127. The number of hydrogen-bond donors (Lipinski definition) is 2. The van der Waals surface area contributed by atoms with E-state index in [2.05, 4.69) is 40.1 Å². The van der Waals surface area contributed by atoms with E-state index in [1.54, 1.807) is 34.8 Å². The van der Waals surface area contributed by atoms with Crippen molar-refractivity contribution in [2.45, 2.75) is 44.0 Å². The molecule has 1 aromatic carbocycles. The van der Waals surface area contributed by atoms with Crippen LogP contribution in [-0.4, -0.2) is 45.4 Å². The molecular formula is C22H33IN4O2S2. The molecule has 3 rings (SSSR count). The Morgan fingerprint density at radius 2 is 1.84 bits per heavy atom. The topological polar surface area (TPSA) is 73.8 Å². The van der Waals surface area contributed by atoms with Gasteiger partial charge in [-0.15, -0.1) is 35.3 Å². The summed E-state index contributed by atoms with van der Waals surface area (Å²) in [4.78, 5) is 6.05. The highest BCUT2D eigenvalue weighted by molar-refractivity contribution is 14.0. The molecule has 6 nitrogen and oxygen atoms in total. The summed E-state index contributed by atoms with van der Waals surface area (Å²) >= 11 is 1.79. The Bertz CT molecular complexity index is 909. The second-order valence-corrected chi connectivity index (χ2v) is 10.8. The summed E-state index contributed by atoms with van der Waals surface area (Å²) in [5.74, 6) is 1.25. The van der Waals surface area contributed by atoms with Crippen LogP contribution >= 0.6 is 35.3 Å². The maximum atomic E-state index is 12.8. The third-order valence-electron chi connectivity index (χ3n) is 5.31. The monoisotopic (exact) mass is 576 g/mol. The molecule has 0 aliphatic carbocycles. The van der Waals surface area contributed by atoms with Crippen LogP contribution in [0.1, 0.15) is 36.6 Å². The second-order valence-electron chi connectivity index (χ2n) is 7.80. The average Bonchev–Trinajstić information content (AvgIpc) is 3.28. The molecule has 1 unspecified atom stereocenters. The first-order valence-corrected chi connectivity index (χ1v) is 12.9. The largest absolute Gasteiger partial charge is 0.356 e. The predicted octanol–water partition coefficient (Wildman–Crippen LogP) is 4.08. The molecule has 2 aromatic rings. The van der Waals surface area contributed by atoms with Crippen molar-refractivity contribution >= 4 is 51.3 Å². The van der Waals surface area contributed by atoms with E-state index in [-0.39, 0.29) is 24.0 Å². The number of benzene rings is 1. The smallest absolute Gasteiger partial charge is 0.243 e. The van der Waals surface area contributed by atoms with Crippen LogP contribution < -0.4 is 10.6 Å². The molecule has 31 heavy (non-hydrogen) atoms. The minimum absolute atomic E-state index is 0.